The number of nitrogens with zero attached hydrogens (tertiary/aromatic N) is 2. The van der Waals surface area contributed by atoms with Crippen molar-refractivity contribution in [3.63, 3.8) is 0 Å². The van der Waals surface area contributed by atoms with Gasteiger partial charge in [-0.05, 0) is 57.1 Å². The van der Waals surface area contributed by atoms with Gasteiger partial charge in [0, 0.05) is 36.1 Å². The molecular weight excluding hydrogens is 398 g/mol. The third-order valence-electron chi connectivity index (χ3n) is 5.89. The van der Waals surface area contributed by atoms with Crippen LogP contribution >= 0.6 is 11.6 Å². The van der Waals surface area contributed by atoms with Gasteiger partial charge in [-0.15, -0.1) is 0 Å². The molecule has 6 heteroatoms. The van der Waals surface area contributed by atoms with Crippen LogP contribution in [0.4, 0.5) is 0 Å². The maximum atomic E-state index is 12.8. The van der Waals surface area contributed by atoms with Gasteiger partial charge in [0.15, 0.2) is 0 Å². The molecule has 0 bridgehead atoms. The number of carbonyl (C=O) groups is 2. The first-order chi connectivity index (χ1) is 14.4. The van der Waals surface area contributed by atoms with Crippen LogP contribution in [0.5, 0.6) is 0 Å². The Bertz CT molecular complexity index is 892. The van der Waals surface area contributed by atoms with Crippen LogP contribution in [-0.2, 0) is 4.79 Å². The van der Waals surface area contributed by atoms with Crippen LogP contribution in [0.3, 0.4) is 0 Å². The maximum Gasteiger partial charge on any atom is 0.254 e. The van der Waals surface area contributed by atoms with Crippen LogP contribution in [0.25, 0.3) is 0 Å². The fraction of sp³-hybridized carbons (Fsp3) is 0.417. The quantitative estimate of drug-likeness (QED) is 0.760. The highest BCUT2D eigenvalue weighted by molar-refractivity contribution is 6.31. The number of carbonyl (C=O) groups excluding carboxylic acids is 2. The molecule has 1 N–H and O–H groups in total. The number of likely N-dealkylation sites (tertiary alicyclic amines) is 1. The van der Waals surface area contributed by atoms with E-state index >= 15 is 0 Å². The number of benzene rings is 2. The Morgan fingerprint density at radius 2 is 1.73 bits per heavy atom. The van der Waals surface area contributed by atoms with Crippen molar-refractivity contribution in [3.05, 3.63) is 70.2 Å². The van der Waals surface area contributed by atoms with Crippen molar-refractivity contribution in [1.29, 1.82) is 0 Å². The molecule has 5 nitrogen and oxygen atoms in total. The highest BCUT2D eigenvalue weighted by atomic mass is 35.5. The number of nitrogens with one attached hydrogen (secondary N) is 1. The fourth-order valence-corrected chi connectivity index (χ4v) is 4.25. The van der Waals surface area contributed by atoms with E-state index in [1.807, 2.05) is 74.4 Å². The molecule has 0 saturated carbocycles. The van der Waals surface area contributed by atoms with Gasteiger partial charge in [-0.3, -0.25) is 9.59 Å². The molecule has 1 saturated heterocycles. The van der Waals surface area contributed by atoms with Crippen molar-refractivity contribution in [2.24, 2.45) is 5.92 Å². The zero-order chi connectivity index (χ0) is 21.7. The van der Waals surface area contributed by atoms with Gasteiger partial charge in [-0.1, -0.05) is 48.0 Å². The molecule has 3 rings (SSSR count). The molecule has 0 radical (unpaired) electrons. The zero-order valence-electron chi connectivity index (χ0n) is 17.9. The summed E-state index contributed by atoms with van der Waals surface area (Å²) in [6.07, 6.45) is 1.37. The molecule has 1 aliphatic heterocycles. The molecule has 2 aromatic rings. The lowest BCUT2D eigenvalue weighted by molar-refractivity contribution is -0.126. The first-order valence-electron chi connectivity index (χ1n) is 10.4. The van der Waals surface area contributed by atoms with E-state index in [0.29, 0.717) is 37.5 Å². The largest absolute Gasteiger partial charge is 0.354 e. The molecule has 1 aliphatic rings. The summed E-state index contributed by atoms with van der Waals surface area (Å²) in [6, 6.07) is 15.4. The molecule has 1 heterocycles. The van der Waals surface area contributed by atoms with Crippen molar-refractivity contribution in [2.75, 3.05) is 33.7 Å². The normalized spacial score (nSPS) is 15.8. The SMILES string of the molecule is Cc1ccccc1C(=O)N1CCC(C(=O)NCC(c2ccccc2Cl)N(C)C)CC1. The van der Waals surface area contributed by atoms with Crippen LogP contribution in [0.1, 0.15) is 40.4 Å². The molecule has 1 unspecified atom stereocenters. The van der Waals surface area contributed by atoms with Gasteiger partial charge in [0.05, 0.1) is 6.04 Å². The zero-order valence-corrected chi connectivity index (χ0v) is 18.7. The molecule has 0 aromatic heterocycles. The Morgan fingerprint density at radius 3 is 2.37 bits per heavy atom. The van der Waals surface area contributed by atoms with E-state index in [1.165, 1.54) is 0 Å². The van der Waals surface area contributed by atoms with Crippen molar-refractivity contribution in [1.82, 2.24) is 15.1 Å². The summed E-state index contributed by atoms with van der Waals surface area (Å²) in [5, 5.41) is 3.80. The lowest BCUT2D eigenvalue weighted by Gasteiger charge is -2.32. The third-order valence-corrected chi connectivity index (χ3v) is 6.23. The monoisotopic (exact) mass is 427 g/mol. The predicted molar refractivity (Wildman–Crippen MR) is 121 cm³/mol. The number of piperidine rings is 1. The molecule has 0 aliphatic carbocycles. The van der Waals surface area contributed by atoms with Crippen LogP contribution in [-0.4, -0.2) is 55.3 Å². The first-order valence-corrected chi connectivity index (χ1v) is 10.8. The van der Waals surface area contributed by atoms with Crippen molar-refractivity contribution < 1.29 is 9.59 Å². The lowest BCUT2D eigenvalue weighted by atomic mass is 9.94. The lowest BCUT2D eigenvalue weighted by Crippen LogP contribution is -2.44. The molecule has 160 valence electrons. The van der Waals surface area contributed by atoms with Gasteiger partial charge in [-0.2, -0.15) is 0 Å². The number of aryl methyl sites for hydroxylation is 1. The molecule has 1 fully saturated rings. The predicted octanol–water partition coefficient (Wildman–Crippen LogP) is 3.92. The maximum absolute atomic E-state index is 12.8. The molecule has 2 amide bonds. The summed E-state index contributed by atoms with van der Waals surface area (Å²) in [6.45, 7) is 3.66. The van der Waals surface area contributed by atoms with E-state index in [1.54, 1.807) is 0 Å². The Balaban J connectivity index is 1.54. The van der Waals surface area contributed by atoms with Crippen molar-refractivity contribution in [2.45, 2.75) is 25.8 Å². The number of hydrogen-bond donors (Lipinski definition) is 1. The molecule has 1 atom stereocenters. The summed E-state index contributed by atoms with van der Waals surface area (Å²) in [5.41, 5.74) is 2.73. The van der Waals surface area contributed by atoms with E-state index in [2.05, 4.69) is 10.2 Å². The topological polar surface area (TPSA) is 52.7 Å². The van der Waals surface area contributed by atoms with Crippen molar-refractivity contribution in [3.8, 4) is 0 Å². The van der Waals surface area contributed by atoms with Crippen LogP contribution in [0.15, 0.2) is 48.5 Å². The highest BCUT2D eigenvalue weighted by Gasteiger charge is 2.29. The Morgan fingerprint density at radius 1 is 1.10 bits per heavy atom. The first kappa shape index (κ1) is 22.3. The van der Waals surface area contributed by atoms with E-state index in [0.717, 1.165) is 16.7 Å². The Labute approximate surface area is 184 Å². The molecule has 30 heavy (non-hydrogen) atoms. The second-order valence-corrected chi connectivity index (χ2v) is 8.53. The second kappa shape index (κ2) is 10.1. The van der Waals surface area contributed by atoms with Crippen LogP contribution in [0, 0.1) is 12.8 Å². The highest BCUT2D eigenvalue weighted by Crippen LogP contribution is 2.26. The third kappa shape index (κ3) is 5.21. The average molecular weight is 428 g/mol. The fourth-order valence-electron chi connectivity index (χ4n) is 3.99. The smallest absolute Gasteiger partial charge is 0.254 e. The Kier molecular flexibility index (Phi) is 7.51. The van der Waals surface area contributed by atoms with Gasteiger partial charge >= 0.3 is 0 Å². The van der Waals surface area contributed by atoms with Crippen molar-refractivity contribution >= 4 is 23.4 Å². The standard InChI is InChI=1S/C24H30ClN3O2/c1-17-8-4-5-9-19(17)24(30)28-14-12-18(13-15-28)23(29)26-16-22(27(2)3)20-10-6-7-11-21(20)25/h4-11,18,22H,12-16H2,1-3H3,(H,26,29). The molecular formula is C24H30ClN3O2. The number of likely N-dealkylation sites (N-methyl/N-ethyl adjacent to an activating group) is 1. The van der Waals surface area contributed by atoms with Crippen LogP contribution < -0.4 is 5.32 Å². The summed E-state index contributed by atoms with van der Waals surface area (Å²) >= 11 is 6.36. The van der Waals surface area contributed by atoms with E-state index in [4.69, 9.17) is 11.6 Å². The minimum atomic E-state index is -0.0695. The molecule has 2 aromatic carbocycles. The summed E-state index contributed by atoms with van der Waals surface area (Å²) in [4.78, 5) is 29.5. The van der Waals surface area contributed by atoms with Gasteiger partial charge in [-0.25, -0.2) is 0 Å². The van der Waals surface area contributed by atoms with Gasteiger partial charge in [0.2, 0.25) is 5.91 Å². The van der Waals surface area contributed by atoms with E-state index in [9.17, 15) is 9.59 Å². The minimum absolute atomic E-state index is 0.00497. The second-order valence-electron chi connectivity index (χ2n) is 8.13. The summed E-state index contributed by atoms with van der Waals surface area (Å²) in [7, 11) is 3.96. The number of rotatable bonds is 6. The summed E-state index contributed by atoms with van der Waals surface area (Å²) < 4.78 is 0. The van der Waals surface area contributed by atoms with E-state index < -0.39 is 0 Å². The van der Waals surface area contributed by atoms with E-state index in [-0.39, 0.29) is 23.8 Å². The van der Waals surface area contributed by atoms with Crippen LogP contribution in [0.2, 0.25) is 5.02 Å². The Hall–Kier alpha value is -2.37. The number of halogens is 1. The summed E-state index contributed by atoms with van der Waals surface area (Å²) in [5.74, 6) is 0.0372. The molecule has 0 spiro atoms. The van der Waals surface area contributed by atoms with Gasteiger partial charge < -0.3 is 15.1 Å². The van der Waals surface area contributed by atoms with Gasteiger partial charge in [0.1, 0.15) is 0 Å². The average Bonchev–Trinajstić information content (AvgIpc) is 2.74. The van der Waals surface area contributed by atoms with Gasteiger partial charge in [0.25, 0.3) is 5.91 Å². The minimum Gasteiger partial charge on any atom is -0.354 e. The number of hydrogen-bond acceptors (Lipinski definition) is 3. The number of amides is 2.